The van der Waals surface area contributed by atoms with Gasteiger partial charge < -0.3 is 0 Å². The normalized spacial score (nSPS) is 12.0. The van der Waals surface area contributed by atoms with Crippen LogP contribution in [0.1, 0.15) is 39.5 Å². The van der Waals surface area contributed by atoms with Crippen LogP contribution in [0.25, 0.3) is 0 Å². The van der Waals surface area contributed by atoms with Gasteiger partial charge in [0.05, 0.1) is 0 Å². The molecule has 0 N–H and O–H groups in total. The number of unbranched alkanes of at least 4 members (excludes halogenated alkanes) is 2. The van der Waals surface area contributed by atoms with Crippen molar-refractivity contribution in [2.45, 2.75) is 44.3 Å². The fourth-order valence-corrected chi connectivity index (χ4v) is 0.914. The van der Waals surface area contributed by atoms with E-state index in [2.05, 4.69) is 33.4 Å². The molecule has 0 spiro atoms. The zero-order chi connectivity index (χ0) is 7.33. The minimum Gasteiger partial charge on any atom is -0.173 e. The number of thiol groups is 1. The van der Waals surface area contributed by atoms with Crippen molar-refractivity contribution in [1.82, 2.24) is 0 Å². The van der Waals surface area contributed by atoms with E-state index in [1.165, 1.54) is 19.3 Å². The maximum atomic E-state index is 4.32. The Morgan fingerprint density at radius 3 is 2.33 bits per heavy atom. The van der Waals surface area contributed by atoms with Crippen molar-refractivity contribution in [1.29, 1.82) is 0 Å². The molecule has 0 bridgehead atoms. The third-order valence-electron chi connectivity index (χ3n) is 1.32. The van der Waals surface area contributed by atoms with Crippen LogP contribution in [0.2, 0.25) is 0 Å². The van der Waals surface area contributed by atoms with Gasteiger partial charge in [0.25, 0.3) is 0 Å². The third kappa shape index (κ3) is 8.35. The predicted molar refractivity (Wildman–Crippen MR) is 46.9 cm³/mol. The summed E-state index contributed by atoms with van der Waals surface area (Å²) in [6, 6.07) is 0. The molecule has 0 saturated heterocycles. The Labute approximate surface area is 64.4 Å². The van der Waals surface area contributed by atoms with E-state index in [1.54, 1.807) is 0 Å². The van der Waals surface area contributed by atoms with Gasteiger partial charge in [-0.1, -0.05) is 33.1 Å². The van der Waals surface area contributed by atoms with E-state index in [9.17, 15) is 0 Å². The van der Waals surface area contributed by atoms with Crippen molar-refractivity contribution >= 4 is 12.6 Å². The summed E-state index contributed by atoms with van der Waals surface area (Å²) >= 11 is 4.32. The molecule has 0 nitrogen and oxygen atoms in total. The standard InChI is InChI=1S/C8H17S/c1-4-5-6-7-8(2,3)9/h9H,2,4-7H2,1,3H3. The van der Waals surface area contributed by atoms with Crippen molar-refractivity contribution in [3.63, 3.8) is 0 Å². The average Bonchev–Trinajstić information content (AvgIpc) is 1.63. The Morgan fingerprint density at radius 1 is 1.44 bits per heavy atom. The van der Waals surface area contributed by atoms with E-state index in [4.69, 9.17) is 0 Å². The molecule has 1 heteroatoms. The van der Waals surface area contributed by atoms with Gasteiger partial charge in [0.2, 0.25) is 0 Å². The summed E-state index contributed by atoms with van der Waals surface area (Å²) in [6.45, 7) is 8.17. The van der Waals surface area contributed by atoms with Crippen LogP contribution < -0.4 is 0 Å². The predicted octanol–water partition coefficient (Wildman–Crippen LogP) is 3.09. The SMILES string of the molecule is [CH2]C(C)(S)CCCCC. The topological polar surface area (TPSA) is 0 Å². The molecule has 0 aliphatic heterocycles. The maximum absolute atomic E-state index is 4.32. The molecule has 0 amide bonds. The molecule has 0 heterocycles. The highest BCUT2D eigenvalue weighted by atomic mass is 32.1. The van der Waals surface area contributed by atoms with Gasteiger partial charge in [-0.2, -0.15) is 12.6 Å². The maximum Gasteiger partial charge on any atom is 0.0102 e. The molecule has 55 valence electrons. The van der Waals surface area contributed by atoms with E-state index < -0.39 is 0 Å². The smallest absolute Gasteiger partial charge is 0.0102 e. The monoisotopic (exact) mass is 145 g/mol. The summed E-state index contributed by atoms with van der Waals surface area (Å²) in [5.74, 6) is 0. The summed E-state index contributed by atoms with van der Waals surface area (Å²) in [5.41, 5.74) is 0. The van der Waals surface area contributed by atoms with Gasteiger partial charge >= 0.3 is 0 Å². The van der Waals surface area contributed by atoms with Gasteiger partial charge in [-0.15, -0.1) is 0 Å². The van der Waals surface area contributed by atoms with E-state index in [1.807, 2.05) is 0 Å². The van der Waals surface area contributed by atoms with Crippen molar-refractivity contribution in [2.24, 2.45) is 0 Å². The zero-order valence-corrected chi connectivity index (χ0v) is 7.38. The van der Waals surface area contributed by atoms with Crippen LogP contribution >= 0.6 is 12.6 Å². The minimum atomic E-state index is -0.00479. The lowest BCUT2D eigenvalue weighted by atomic mass is 10.0. The first-order valence-corrected chi connectivity index (χ1v) is 4.09. The van der Waals surface area contributed by atoms with Gasteiger partial charge in [0, 0.05) is 4.75 Å². The van der Waals surface area contributed by atoms with Crippen LogP contribution in [-0.2, 0) is 0 Å². The molecule has 0 aliphatic carbocycles. The third-order valence-corrected chi connectivity index (χ3v) is 1.54. The molecule has 1 atom stereocenters. The average molecular weight is 145 g/mol. The van der Waals surface area contributed by atoms with Gasteiger partial charge in [0.15, 0.2) is 0 Å². The van der Waals surface area contributed by atoms with Crippen molar-refractivity contribution < 1.29 is 0 Å². The molecule has 0 fully saturated rings. The highest BCUT2D eigenvalue weighted by Gasteiger charge is 2.09. The Kier molecular flexibility index (Phi) is 4.37. The Bertz CT molecular complexity index is 61.5. The number of hydrogen-bond donors (Lipinski definition) is 1. The van der Waals surface area contributed by atoms with E-state index in [-0.39, 0.29) is 4.75 Å². The zero-order valence-electron chi connectivity index (χ0n) is 6.48. The van der Waals surface area contributed by atoms with E-state index >= 15 is 0 Å². The molecule has 0 aromatic carbocycles. The lowest BCUT2D eigenvalue weighted by Gasteiger charge is -2.15. The fraction of sp³-hybridized carbons (Fsp3) is 0.875. The molecule has 0 aromatic heterocycles. The molecular weight excluding hydrogens is 128 g/mol. The van der Waals surface area contributed by atoms with Gasteiger partial charge in [-0.25, -0.2) is 0 Å². The summed E-state index contributed by atoms with van der Waals surface area (Å²) in [6.07, 6.45) is 4.99. The Balaban J connectivity index is 3.07. The van der Waals surface area contributed by atoms with Crippen LogP contribution in [-0.4, -0.2) is 4.75 Å². The summed E-state index contributed by atoms with van der Waals surface area (Å²) in [7, 11) is 0. The lowest BCUT2D eigenvalue weighted by molar-refractivity contribution is 0.608. The first kappa shape index (κ1) is 9.35. The van der Waals surface area contributed by atoms with Gasteiger partial charge in [-0.05, 0) is 13.3 Å². The number of rotatable bonds is 4. The largest absolute Gasteiger partial charge is 0.173 e. The van der Waals surface area contributed by atoms with Crippen LogP contribution in [0, 0.1) is 6.92 Å². The second-order valence-corrected chi connectivity index (χ2v) is 4.03. The van der Waals surface area contributed by atoms with E-state index in [0.717, 1.165) is 6.42 Å². The molecule has 9 heavy (non-hydrogen) atoms. The Hall–Kier alpha value is 0.350. The highest BCUT2D eigenvalue weighted by molar-refractivity contribution is 7.81. The van der Waals surface area contributed by atoms with E-state index in [0.29, 0.717) is 0 Å². The second kappa shape index (κ2) is 4.21. The molecule has 0 saturated carbocycles. The van der Waals surface area contributed by atoms with Crippen molar-refractivity contribution in [2.75, 3.05) is 0 Å². The van der Waals surface area contributed by atoms with Crippen LogP contribution in [0.5, 0.6) is 0 Å². The summed E-state index contributed by atoms with van der Waals surface area (Å²) in [4.78, 5) is 0. The molecular formula is C8H17S. The van der Waals surface area contributed by atoms with Crippen molar-refractivity contribution in [3.8, 4) is 0 Å². The van der Waals surface area contributed by atoms with Crippen LogP contribution in [0.3, 0.4) is 0 Å². The lowest BCUT2D eigenvalue weighted by Crippen LogP contribution is -2.09. The second-order valence-electron chi connectivity index (χ2n) is 2.95. The first-order valence-electron chi connectivity index (χ1n) is 3.64. The van der Waals surface area contributed by atoms with Crippen LogP contribution in [0.15, 0.2) is 0 Å². The number of hydrogen-bond acceptors (Lipinski definition) is 1. The van der Waals surface area contributed by atoms with Crippen LogP contribution in [0.4, 0.5) is 0 Å². The molecule has 0 aliphatic rings. The fourth-order valence-electron chi connectivity index (χ4n) is 0.756. The summed E-state index contributed by atoms with van der Waals surface area (Å²) in [5, 5.41) is 0. The summed E-state index contributed by atoms with van der Waals surface area (Å²) < 4.78 is -0.00479. The highest BCUT2D eigenvalue weighted by Crippen LogP contribution is 2.19. The quantitative estimate of drug-likeness (QED) is 0.456. The minimum absolute atomic E-state index is 0.00479. The molecule has 1 radical (unpaired) electrons. The first-order chi connectivity index (χ1) is 4.06. The van der Waals surface area contributed by atoms with Gasteiger partial charge in [0.1, 0.15) is 0 Å². The molecule has 0 rings (SSSR count). The molecule has 0 aromatic rings. The molecule has 1 unspecified atom stereocenters. The Morgan fingerprint density at radius 2 is 2.00 bits per heavy atom. The van der Waals surface area contributed by atoms with Crippen molar-refractivity contribution in [3.05, 3.63) is 6.92 Å². The van der Waals surface area contributed by atoms with Gasteiger partial charge in [-0.3, -0.25) is 0 Å².